The second-order valence-electron chi connectivity index (χ2n) is 4.12. The molecule has 16 heavy (non-hydrogen) atoms. The molecule has 2 heteroatoms. The van der Waals surface area contributed by atoms with Crippen molar-refractivity contribution in [1.29, 1.82) is 0 Å². The topological polar surface area (TPSA) is 33.1 Å². The lowest BCUT2D eigenvalue weighted by Crippen LogP contribution is -1.94. The predicted molar refractivity (Wildman–Crippen MR) is 65.4 cm³/mol. The first-order valence-corrected chi connectivity index (χ1v) is 5.44. The Balaban J connectivity index is 2.52. The minimum absolute atomic E-state index is 0.232. The summed E-state index contributed by atoms with van der Waals surface area (Å²) in [6, 6.07) is 13.3. The van der Waals surface area contributed by atoms with Gasteiger partial charge < -0.3 is 5.11 Å². The summed E-state index contributed by atoms with van der Waals surface area (Å²) in [6.45, 7) is 4.18. The summed E-state index contributed by atoms with van der Waals surface area (Å²) in [7, 11) is 0. The molecule has 0 radical (unpaired) electrons. The summed E-state index contributed by atoms with van der Waals surface area (Å²) in [4.78, 5) is 4.49. The Bertz CT molecular complexity index is 477. The van der Waals surface area contributed by atoms with Gasteiger partial charge in [0.1, 0.15) is 11.4 Å². The number of aromatic hydroxyl groups is 1. The second kappa shape index (κ2) is 4.35. The van der Waals surface area contributed by atoms with Crippen molar-refractivity contribution < 1.29 is 5.11 Å². The van der Waals surface area contributed by atoms with Crippen LogP contribution in [0.4, 0.5) is 0 Å². The van der Waals surface area contributed by atoms with Crippen LogP contribution in [0.5, 0.6) is 5.75 Å². The Labute approximate surface area is 95.6 Å². The van der Waals surface area contributed by atoms with E-state index in [1.807, 2.05) is 36.4 Å². The van der Waals surface area contributed by atoms with Gasteiger partial charge in [-0.05, 0) is 18.1 Å². The molecule has 2 rings (SSSR count). The highest BCUT2D eigenvalue weighted by atomic mass is 16.3. The molecule has 0 aliphatic heterocycles. The molecule has 1 aromatic carbocycles. The summed E-state index contributed by atoms with van der Waals surface area (Å²) in [6.07, 6.45) is 0. The van der Waals surface area contributed by atoms with Crippen LogP contribution in [0.1, 0.15) is 25.5 Å². The highest BCUT2D eigenvalue weighted by Crippen LogP contribution is 2.28. The van der Waals surface area contributed by atoms with Crippen molar-refractivity contribution >= 4 is 0 Å². The zero-order chi connectivity index (χ0) is 11.5. The van der Waals surface area contributed by atoms with Crippen LogP contribution >= 0.6 is 0 Å². The van der Waals surface area contributed by atoms with E-state index in [9.17, 15) is 5.11 Å². The maximum Gasteiger partial charge on any atom is 0.141 e. The lowest BCUT2D eigenvalue weighted by atomic mass is 10.1. The van der Waals surface area contributed by atoms with Gasteiger partial charge in [-0.15, -0.1) is 0 Å². The summed E-state index contributed by atoms with van der Waals surface area (Å²) < 4.78 is 0. The molecule has 82 valence electrons. The fourth-order valence-electron chi connectivity index (χ4n) is 1.60. The minimum atomic E-state index is 0.232. The van der Waals surface area contributed by atoms with Gasteiger partial charge in [0.25, 0.3) is 0 Å². The molecule has 0 saturated carbocycles. The zero-order valence-electron chi connectivity index (χ0n) is 9.51. The van der Waals surface area contributed by atoms with Crippen molar-refractivity contribution in [2.45, 2.75) is 19.8 Å². The van der Waals surface area contributed by atoms with Gasteiger partial charge in [-0.3, -0.25) is 0 Å². The van der Waals surface area contributed by atoms with E-state index in [-0.39, 0.29) is 5.75 Å². The van der Waals surface area contributed by atoms with Crippen molar-refractivity contribution in [3.8, 4) is 17.0 Å². The molecule has 2 aromatic rings. The molecule has 0 aliphatic rings. The first-order valence-electron chi connectivity index (χ1n) is 5.44. The van der Waals surface area contributed by atoms with E-state index < -0.39 is 0 Å². The van der Waals surface area contributed by atoms with Crippen LogP contribution in [0.15, 0.2) is 42.5 Å². The Kier molecular flexibility index (Phi) is 2.91. The molecule has 1 aromatic heterocycles. The third-order valence-corrected chi connectivity index (χ3v) is 2.53. The van der Waals surface area contributed by atoms with Crippen molar-refractivity contribution in [2.24, 2.45) is 0 Å². The van der Waals surface area contributed by atoms with Gasteiger partial charge in [0.05, 0.1) is 0 Å². The predicted octanol–water partition coefficient (Wildman–Crippen LogP) is 3.58. The molecule has 0 spiro atoms. The lowest BCUT2D eigenvalue weighted by molar-refractivity contribution is 0.474. The van der Waals surface area contributed by atoms with E-state index >= 15 is 0 Å². The number of hydrogen-bond donors (Lipinski definition) is 1. The summed E-state index contributed by atoms with van der Waals surface area (Å²) >= 11 is 0. The van der Waals surface area contributed by atoms with Gasteiger partial charge in [0.15, 0.2) is 0 Å². The van der Waals surface area contributed by atoms with Crippen LogP contribution in [0.25, 0.3) is 11.3 Å². The van der Waals surface area contributed by atoms with Crippen molar-refractivity contribution in [3.05, 3.63) is 48.2 Å². The van der Waals surface area contributed by atoms with Crippen LogP contribution < -0.4 is 0 Å². The van der Waals surface area contributed by atoms with Gasteiger partial charge >= 0.3 is 0 Å². The Morgan fingerprint density at radius 2 is 1.69 bits per heavy atom. The fourth-order valence-corrected chi connectivity index (χ4v) is 1.60. The van der Waals surface area contributed by atoms with E-state index in [0.29, 0.717) is 11.6 Å². The molecule has 0 amide bonds. The molecule has 0 unspecified atom stereocenters. The van der Waals surface area contributed by atoms with Crippen molar-refractivity contribution in [3.63, 3.8) is 0 Å². The number of nitrogens with zero attached hydrogens (tertiary/aromatic N) is 1. The molecule has 0 fully saturated rings. The summed E-state index contributed by atoms with van der Waals surface area (Å²) in [5.74, 6) is 0.596. The third kappa shape index (κ3) is 2.06. The number of pyridine rings is 1. The second-order valence-corrected chi connectivity index (χ2v) is 4.12. The third-order valence-electron chi connectivity index (χ3n) is 2.53. The number of hydrogen-bond acceptors (Lipinski definition) is 2. The highest BCUT2D eigenvalue weighted by molar-refractivity contribution is 5.65. The average Bonchev–Trinajstić information content (AvgIpc) is 2.30. The van der Waals surface area contributed by atoms with Crippen LogP contribution in [0, 0.1) is 0 Å². The lowest BCUT2D eigenvalue weighted by Gasteiger charge is -2.09. The standard InChI is InChI=1S/C14H15NO/c1-10(2)12-8-9-13(16)14(15-12)11-6-4-3-5-7-11/h3-10,16H,1-2H3. The quantitative estimate of drug-likeness (QED) is 0.827. The normalized spacial score (nSPS) is 10.7. The number of benzene rings is 1. The maximum atomic E-state index is 9.81. The smallest absolute Gasteiger partial charge is 0.141 e. The van der Waals surface area contributed by atoms with Gasteiger partial charge in [-0.25, -0.2) is 4.98 Å². The maximum absolute atomic E-state index is 9.81. The molecular weight excluding hydrogens is 198 g/mol. The molecule has 0 aliphatic carbocycles. The first kappa shape index (κ1) is 10.7. The molecule has 0 bridgehead atoms. The van der Waals surface area contributed by atoms with Gasteiger partial charge in [-0.1, -0.05) is 44.2 Å². The van der Waals surface area contributed by atoms with Gasteiger partial charge in [0.2, 0.25) is 0 Å². The van der Waals surface area contributed by atoms with E-state index in [4.69, 9.17) is 0 Å². The number of aromatic nitrogens is 1. The minimum Gasteiger partial charge on any atom is -0.506 e. The monoisotopic (exact) mass is 213 g/mol. The van der Waals surface area contributed by atoms with Crippen molar-refractivity contribution in [2.75, 3.05) is 0 Å². The van der Waals surface area contributed by atoms with E-state index in [1.54, 1.807) is 6.07 Å². The Morgan fingerprint density at radius 3 is 2.31 bits per heavy atom. The molecular formula is C14H15NO. The van der Waals surface area contributed by atoms with Crippen LogP contribution in [-0.2, 0) is 0 Å². The van der Waals surface area contributed by atoms with E-state index in [2.05, 4.69) is 18.8 Å². The summed E-state index contributed by atoms with van der Waals surface area (Å²) in [5, 5.41) is 9.81. The van der Waals surface area contributed by atoms with E-state index in [0.717, 1.165) is 11.3 Å². The first-order chi connectivity index (χ1) is 7.68. The van der Waals surface area contributed by atoms with Crippen LogP contribution in [-0.4, -0.2) is 10.1 Å². The molecule has 0 saturated heterocycles. The van der Waals surface area contributed by atoms with Crippen LogP contribution in [0.2, 0.25) is 0 Å². The van der Waals surface area contributed by atoms with Gasteiger partial charge in [0, 0.05) is 11.3 Å². The largest absolute Gasteiger partial charge is 0.506 e. The fraction of sp³-hybridized carbons (Fsp3) is 0.214. The molecule has 0 atom stereocenters. The highest BCUT2D eigenvalue weighted by Gasteiger charge is 2.08. The SMILES string of the molecule is CC(C)c1ccc(O)c(-c2ccccc2)n1. The Hall–Kier alpha value is -1.83. The Morgan fingerprint density at radius 1 is 1.00 bits per heavy atom. The zero-order valence-corrected chi connectivity index (χ0v) is 9.51. The molecule has 2 nitrogen and oxygen atoms in total. The van der Waals surface area contributed by atoms with Gasteiger partial charge in [-0.2, -0.15) is 0 Å². The average molecular weight is 213 g/mol. The van der Waals surface area contributed by atoms with Crippen molar-refractivity contribution in [1.82, 2.24) is 4.98 Å². The molecule has 1 heterocycles. The van der Waals surface area contributed by atoms with Crippen LogP contribution in [0.3, 0.4) is 0 Å². The number of rotatable bonds is 2. The summed E-state index contributed by atoms with van der Waals surface area (Å²) in [5.41, 5.74) is 2.60. The van der Waals surface area contributed by atoms with E-state index in [1.165, 1.54) is 0 Å². The molecule has 1 N–H and O–H groups in total.